The second-order valence-electron chi connectivity index (χ2n) is 7.98. The Hall–Kier alpha value is -3.18. The second-order valence-corrected chi connectivity index (χ2v) is 8.92. The summed E-state index contributed by atoms with van der Waals surface area (Å²) in [7, 11) is 0. The number of hydrogen-bond acceptors (Lipinski definition) is 5. The first-order valence-corrected chi connectivity index (χ1v) is 11.5. The Bertz CT molecular complexity index is 1160. The van der Waals surface area contributed by atoms with Crippen LogP contribution in [0.3, 0.4) is 0 Å². The molecule has 0 saturated heterocycles. The quantitative estimate of drug-likeness (QED) is 0.449. The highest BCUT2D eigenvalue weighted by Crippen LogP contribution is 2.41. The van der Waals surface area contributed by atoms with Crippen LogP contribution in [0.4, 0.5) is 10.1 Å². The van der Waals surface area contributed by atoms with Gasteiger partial charge < -0.3 is 4.90 Å². The number of nitrogens with zero attached hydrogens (tertiary/aromatic N) is 5. The number of benzene rings is 2. The number of carbonyl (C=O) groups excluding carboxylic acids is 1. The fourth-order valence-corrected chi connectivity index (χ4v) is 4.62. The molecule has 1 saturated carbocycles. The van der Waals surface area contributed by atoms with Gasteiger partial charge in [-0.25, -0.2) is 4.39 Å². The molecule has 0 spiro atoms. The number of hydrogen-bond donors (Lipinski definition) is 0. The molecule has 3 aromatic rings. The molecule has 2 aromatic carbocycles. The number of anilines is 1. The van der Waals surface area contributed by atoms with Crippen LogP contribution >= 0.6 is 11.8 Å². The number of aryl methyl sites for hydroxylation is 2. The number of carbonyl (C=O) groups is 1. The standard InChI is InChI=1S/C24H24FN5OS/c1-16-12-17(2)14-19(13-16)29(11-5-10-26)22(31)15-32-24-28-27-23(30(24)18-8-9-18)20-6-3-4-7-21(20)25/h3-4,6-7,12-14,18H,5,8-9,11,15H2,1-2H3. The fourth-order valence-electron chi connectivity index (χ4n) is 3.73. The maximum atomic E-state index is 14.4. The van der Waals surface area contributed by atoms with E-state index < -0.39 is 0 Å². The minimum Gasteiger partial charge on any atom is -0.311 e. The van der Waals surface area contributed by atoms with Gasteiger partial charge in [0.05, 0.1) is 23.8 Å². The van der Waals surface area contributed by atoms with Crippen molar-refractivity contribution in [1.29, 1.82) is 5.26 Å². The van der Waals surface area contributed by atoms with Crippen LogP contribution in [0.15, 0.2) is 47.6 Å². The zero-order valence-corrected chi connectivity index (χ0v) is 18.9. The molecule has 164 valence electrons. The maximum Gasteiger partial charge on any atom is 0.237 e. The van der Waals surface area contributed by atoms with E-state index in [1.54, 1.807) is 23.1 Å². The van der Waals surface area contributed by atoms with E-state index in [0.29, 0.717) is 23.1 Å². The Morgan fingerprint density at radius 2 is 1.94 bits per heavy atom. The lowest BCUT2D eigenvalue weighted by molar-refractivity contribution is -0.116. The highest BCUT2D eigenvalue weighted by atomic mass is 32.2. The Morgan fingerprint density at radius 3 is 2.59 bits per heavy atom. The van der Waals surface area contributed by atoms with E-state index in [1.165, 1.54) is 17.8 Å². The van der Waals surface area contributed by atoms with Gasteiger partial charge in [0.25, 0.3) is 0 Å². The highest BCUT2D eigenvalue weighted by Gasteiger charge is 2.31. The zero-order chi connectivity index (χ0) is 22.7. The summed E-state index contributed by atoms with van der Waals surface area (Å²) in [6.45, 7) is 4.30. The molecule has 0 bridgehead atoms. The third-order valence-corrected chi connectivity index (χ3v) is 6.21. The van der Waals surface area contributed by atoms with Gasteiger partial charge in [-0.15, -0.1) is 10.2 Å². The lowest BCUT2D eigenvalue weighted by atomic mass is 10.1. The molecular weight excluding hydrogens is 425 g/mol. The molecule has 0 unspecified atom stereocenters. The van der Waals surface area contributed by atoms with Crippen LogP contribution in [0.1, 0.15) is 36.4 Å². The molecule has 0 atom stereocenters. The average Bonchev–Trinajstić information content (AvgIpc) is 3.51. The molecule has 32 heavy (non-hydrogen) atoms. The maximum absolute atomic E-state index is 14.4. The van der Waals surface area contributed by atoms with E-state index in [9.17, 15) is 9.18 Å². The van der Waals surface area contributed by atoms with Gasteiger partial charge in [0.15, 0.2) is 11.0 Å². The van der Waals surface area contributed by atoms with Gasteiger partial charge >= 0.3 is 0 Å². The molecule has 1 fully saturated rings. The Morgan fingerprint density at radius 1 is 1.22 bits per heavy atom. The van der Waals surface area contributed by atoms with Gasteiger partial charge in [-0.2, -0.15) is 5.26 Å². The number of rotatable bonds is 8. The lowest BCUT2D eigenvalue weighted by Crippen LogP contribution is -2.33. The first kappa shape index (κ1) is 22.0. The first-order valence-electron chi connectivity index (χ1n) is 10.6. The van der Waals surface area contributed by atoms with Gasteiger partial charge in [0.1, 0.15) is 5.82 Å². The summed E-state index contributed by atoms with van der Waals surface area (Å²) in [6, 6.07) is 14.8. The predicted octanol–water partition coefficient (Wildman–Crippen LogP) is 5.07. The van der Waals surface area contributed by atoms with Crippen LogP contribution in [0.2, 0.25) is 0 Å². The lowest BCUT2D eigenvalue weighted by Gasteiger charge is -2.22. The van der Waals surface area contributed by atoms with Crippen LogP contribution in [-0.2, 0) is 4.79 Å². The third-order valence-electron chi connectivity index (χ3n) is 5.28. The third kappa shape index (κ3) is 4.83. The number of aromatic nitrogens is 3. The minimum absolute atomic E-state index is 0.104. The first-order chi connectivity index (χ1) is 15.5. The zero-order valence-electron chi connectivity index (χ0n) is 18.1. The van der Waals surface area contributed by atoms with E-state index in [2.05, 4.69) is 16.3 Å². The van der Waals surface area contributed by atoms with Crippen LogP contribution in [0.5, 0.6) is 0 Å². The van der Waals surface area contributed by atoms with Gasteiger partial charge in [0, 0.05) is 18.3 Å². The van der Waals surface area contributed by atoms with E-state index in [4.69, 9.17) is 5.26 Å². The molecule has 0 N–H and O–H groups in total. The molecule has 6 nitrogen and oxygen atoms in total. The van der Waals surface area contributed by atoms with Crippen molar-refractivity contribution in [2.24, 2.45) is 0 Å². The van der Waals surface area contributed by atoms with Gasteiger partial charge in [-0.3, -0.25) is 9.36 Å². The molecule has 1 heterocycles. The van der Waals surface area contributed by atoms with E-state index >= 15 is 0 Å². The van der Waals surface area contributed by atoms with Gasteiger partial charge in [-0.1, -0.05) is 30.0 Å². The van der Waals surface area contributed by atoms with Crippen molar-refractivity contribution in [3.05, 3.63) is 59.4 Å². The number of amides is 1. The van der Waals surface area contributed by atoms with E-state index in [1.807, 2.05) is 36.6 Å². The summed E-state index contributed by atoms with van der Waals surface area (Å²) < 4.78 is 16.3. The molecular formula is C24H24FN5OS. The number of nitriles is 1. The highest BCUT2D eigenvalue weighted by molar-refractivity contribution is 7.99. The SMILES string of the molecule is Cc1cc(C)cc(N(CCC#N)C(=O)CSc2nnc(-c3ccccc3F)n2C2CC2)c1. The number of halogens is 1. The van der Waals surface area contributed by atoms with Crippen molar-refractivity contribution in [2.45, 2.75) is 44.3 Å². The molecule has 1 aromatic heterocycles. The Labute approximate surface area is 191 Å². The second kappa shape index (κ2) is 9.53. The Balaban J connectivity index is 1.56. The molecule has 1 aliphatic carbocycles. The van der Waals surface area contributed by atoms with Crippen molar-refractivity contribution in [3.63, 3.8) is 0 Å². The monoisotopic (exact) mass is 449 g/mol. The van der Waals surface area contributed by atoms with E-state index in [-0.39, 0.29) is 29.9 Å². The molecule has 0 radical (unpaired) electrons. The van der Waals surface area contributed by atoms with Crippen molar-refractivity contribution in [2.75, 3.05) is 17.2 Å². The summed E-state index contributed by atoms with van der Waals surface area (Å²) in [6.07, 6.45) is 2.22. The van der Waals surface area contributed by atoms with Crippen molar-refractivity contribution < 1.29 is 9.18 Å². The van der Waals surface area contributed by atoms with Crippen LogP contribution in [0, 0.1) is 31.0 Å². The summed E-state index contributed by atoms with van der Waals surface area (Å²) in [5, 5.41) is 18.2. The van der Waals surface area contributed by atoms with Crippen LogP contribution < -0.4 is 4.90 Å². The largest absolute Gasteiger partial charge is 0.311 e. The fraction of sp³-hybridized carbons (Fsp3) is 0.333. The van der Waals surface area contributed by atoms with Crippen LogP contribution in [0.25, 0.3) is 11.4 Å². The molecule has 4 rings (SSSR count). The van der Waals surface area contributed by atoms with Gasteiger partial charge in [-0.05, 0) is 62.1 Å². The summed E-state index contributed by atoms with van der Waals surface area (Å²) in [5.41, 5.74) is 3.32. The molecule has 8 heteroatoms. The molecule has 0 aliphatic heterocycles. The van der Waals surface area contributed by atoms with Crippen molar-refractivity contribution >= 4 is 23.4 Å². The minimum atomic E-state index is -0.341. The smallest absolute Gasteiger partial charge is 0.237 e. The summed E-state index contributed by atoms with van der Waals surface area (Å²) in [5.74, 6) is 0.205. The summed E-state index contributed by atoms with van der Waals surface area (Å²) in [4.78, 5) is 14.8. The predicted molar refractivity (Wildman–Crippen MR) is 123 cm³/mol. The topological polar surface area (TPSA) is 74.8 Å². The normalized spacial score (nSPS) is 13.1. The van der Waals surface area contributed by atoms with Crippen molar-refractivity contribution in [1.82, 2.24) is 14.8 Å². The average molecular weight is 450 g/mol. The Kier molecular flexibility index (Phi) is 6.56. The number of thioether (sulfide) groups is 1. The van der Waals surface area contributed by atoms with E-state index in [0.717, 1.165) is 29.7 Å². The van der Waals surface area contributed by atoms with Crippen molar-refractivity contribution in [3.8, 4) is 17.5 Å². The molecule has 1 aliphatic rings. The molecule has 1 amide bonds. The summed E-state index contributed by atoms with van der Waals surface area (Å²) >= 11 is 1.30. The van der Waals surface area contributed by atoms with Crippen LogP contribution in [-0.4, -0.2) is 33.0 Å². The van der Waals surface area contributed by atoms with Gasteiger partial charge in [0.2, 0.25) is 5.91 Å².